The van der Waals surface area contributed by atoms with Gasteiger partial charge in [-0.15, -0.1) is 0 Å². The van der Waals surface area contributed by atoms with Crippen molar-refractivity contribution >= 4 is 11.6 Å². The third kappa shape index (κ3) is 6.28. The van der Waals surface area contributed by atoms with Crippen LogP contribution in [0.5, 0.6) is 0 Å². The number of aromatic nitrogens is 2. The van der Waals surface area contributed by atoms with Crippen molar-refractivity contribution in [3.8, 4) is 0 Å². The summed E-state index contributed by atoms with van der Waals surface area (Å²) >= 11 is 0. The fraction of sp³-hybridized carbons (Fsp3) is 0.667. The third-order valence-corrected chi connectivity index (χ3v) is 2.49. The van der Waals surface area contributed by atoms with Crippen molar-refractivity contribution in [3.63, 3.8) is 0 Å². The highest BCUT2D eigenvalue weighted by molar-refractivity contribution is 5.75. The van der Waals surface area contributed by atoms with E-state index < -0.39 is 4.92 Å². The van der Waals surface area contributed by atoms with Gasteiger partial charge in [-0.3, -0.25) is 19.6 Å². The Morgan fingerprint density at radius 3 is 2.95 bits per heavy atom. The minimum absolute atomic E-state index is 0.0729. The Hall–Kier alpha value is -1.96. The van der Waals surface area contributed by atoms with E-state index in [0.717, 1.165) is 6.42 Å². The van der Waals surface area contributed by atoms with E-state index in [0.29, 0.717) is 19.7 Å². The van der Waals surface area contributed by atoms with E-state index in [2.05, 4.69) is 10.4 Å². The van der Waals surface area contributed by atoms with Crippen LogP contribution in [0, 0.1) is 10.1 Å². The Kier molecular flexibility index (Phi) is 6.65. The van der Waals surface area contributed by atoms with Crippen molar-refractivity contribution in [1.29, 1.82) is 0 Å². The van der Waals surface area contributed by atoms with Gasteiger partial charge in [0.1, 0.15) is 12.4 Å². The molecule has 0 aliphatic heterocycles. The lowest BCUT2D eigenvalue weighted by molar-refractivity contribution is -0.385. The second-order valence-corrected chi connectivity index (χ2v) is 4.59. The van der Waals surface area contributed by atoms with Gasteiger partial charge in [0, 0.05) is 26.1 Å². The van der Waals surface area contributed by atoms with E-state index >= 15 is 0 Å². The number of carbonyl (C=O) groups is 1. The number of nitrogens with zero attached hydrogens (tertiary/aromatic N) is 3. The zero-order valence-electron chi connectivity index (χ0n) is 11.7. The van der Waals surface area contributed by atoms with Crippen molar-refractivity contribution in [2.45, 2.75) is 39.3 Å². The van der Waals surface area contributed by atoms with Gasteiger partial charge in [0.25, 0.3) is 0 Å². The molecule has 0 aliphatic rings. The lowest BCUT2D eigenvalue weighted by Gasteiger charge is -2.08. The standard InChI is InChI=1S/C12H20N4O4/c1-10(2)20-7-3-5-13-12(17)4-6-15-9-11(8-14-15)16(18)19/h8-10H,3-7H2,1-2H3,(H,13,17). The Morgan fingerprint density at radius 1 is 1.60 bits per heavy atom. The average Bonchev–Trinajstić information content (AvgIpc) is 2.84. The highest BCUT2D eigenvalue weighted by Gasteiger charge is 2.09. The molecule has 1 amide bonds. The largest absolute Gasteiger partial charge is 0.379 e. The van der Waals surface area contributed by atoms with Gasteiger partial charge in [-0.2, -0.15) is 5.10 Å². The van der Waals surface area contributed by atoms with Gasteiger partial charge in [-0.25, -0.2) is 0 Å². The molecule has 1 rings (SSSR count). The maximum absolute atomic E-state index is 11.5. The van der Waals surface area contributed by atoms with Crippen LogP contribution in [0.15, 0.2) is 12.4 Å². The summed E-state index contributed by atoms with van der Waals surface area (Å²) in [6.45, 7) is 5.42. The number of amides is 1. The van der Waals surface area contributed by atoms with E-state index in [4.69, 9.17) is 4.74 Å². The number of hydrogen-bond acceptors (Lipinski definition) is 5. The minimum atomic E-state index is -0.516. The van der Waals surface area contributed by atoms with Crippen LogP contribution in [-0.4, -0.2) is 39.9 Å². The summed E-state index contributed by atoms with van der Waals surface area (Å²) in [5, 5.41) is 17.0. The van der Waals surface area contributed by atoms with Gasteiger partial charge in [0.2, 0.25) is 5.91 Å². The Morgan fingerprint density at radius 2 is 2.35 bits per heavy atom. The average molecular weight is 284 g/mol. The lowest BCUT2D eigenvalue weighted by Crippen LogP contribution is -2.26. The van der Waals surface area contributed by atoms with E-state index in [9.17, 15) is 14.9 Å². The zero-order valence-corrected chi connectivity index (χ0v) is 11.7. The van der Waals surface area contributed by atoms with Gasteiger partial charge in [0.15, 0.2) is 0 Å². The molecule has 8 heteroatoms. The molecule has 0 bridgehead atoms. The van der Waals surface area contributed by atoms with Crippen LogP contribution in [-0.2, 0) is 16.1 Å². The number of ether oxygens (including phenoxy) is 1. The Bertz CT molecular complexity index is 444. The molecule has 0 aromatic carbocycles. The predicted molar refractivity (Wildman–Crippen MR) is 72.2 cm³/mol. The van der Waals surface area contributed by atoms with Crippen LogP contribution in [0.25, 0.3) is 0 Å². The molecule has 1 heterocycles. The summed E-state index contributed by atoms with van der Waals surface area (Å²) in [6.07, 6.45) is 3.67. The maximum Gasteiger partial charge on any atom is 0.306 e. The molecule has 8 nitrogen and oxygen atoms in total. The van der Waals surface area contributed by atoms with Gasteiger partial charge in [-0.1, -0.05) is 0 Å². The summed E-state index contributed by atoms with van der Waals surface area (Å²) in [4.78, 5) is 21.5. The SMILES string of the molecule is CC(C)OCCCNC(=O)CCn1cc([N+](=O)[O-])cn1. The molecule has 0 fully saturated rings. The van der Waals surface area contributed by atoms with Crippen molar-refractivity contribution < 1.29 is 14.5 Å². The van der Waals surface area contributed by atoms with Crippen LogP contribution >= 0.6 is 0 Å². The molecular formula is C12H20N4O4. The van der Waals surface area contributed by atoms with Crippen LogP contribution in [0.4, 0.5) is 5.69 Å². The predicted octanol–water partition coefficient (Wildman–Crippen LogP) is 1.11. The summed E-state index contributed by atoms with van der Waals surface area (Å²) in [5.74, 6) is -0.104. The molecule has 0 aliphatic carbocycles. The first-order valence-corrected chi connectivity index (χ1v) is 6.54. The van der Waals surface area contributed by atoms with Crippen LogP contribution < -0.4 is 5.32 Å². The third-order valence-electron chi connectivity index (χ3n) is 2.49. The van der Waals surface area contributed by atoms with Gasteiger partial charge < -0.3 is 10.1 Å². The number of aryl methyl sites for hydroxylation is 1. The number of rotatable bonds is 9. The molecule has 1 aromatic rings. The monoisotopic (exact) mass is 284 g/mol. The molecule has 20 heavy (non-hydrogen) atoms. The fourth-order valence-corrected chi connectivity index (χ4v) is 1.49. The van der Waals surface area contributed by atoms with E-state index in [-0.39, 0.29) is 24.1 Å². The number of nitro groups is 1. The van der Waals surface area contributed by atoms with E-state index in [1.807, 2.05) is 13.8 Å². The van der Waals surface area contributed by atoms with Crippen molar-refractivity contribution in [3.05, 3.63) is 22.5 Å². The van der Waals surface area contributed by atoms with Gasteiger partial charge >= 0.3 is 5.69 Å². The van der Waals surface area contributed by atoms with Crippen LogP contribution in [0.1, 0.15) is 26.7 Å². The van der Waals surface area contributed by atoms with E-state index in [1.165, 1.54) is 17.1 Å². The smallest absolute Gasteiger partial charge is 0.306 e. The number of carbonyl (C=O) groups excluding carboxylic acids is 1. The number of nitrogens with one attached hydrogen (secondary N) is 1. The summed E-state index contributed by atoms with van der Waals surface area (Å²) in [7, 11) is 0. The summed E-state index contributed by atoms with van der Waals surface area (Å²) < 4.78 is 6.74. The molecule has 1 aromatic heterocycles. The quantitative estimate of drug-likeness (QED) is 0.416. The Balaban J connectivity index is 2.14. The highest BCUT2D eigenvalue weighted by atomic mass is 16.6. The molecule has 0 atom stereocenters. The van der Waals surface area contributed by atoms with Crippen molar-refractivity contribution in [2.75, 3.05) is 13.2 Å². The first-order chi connectivity index (χ1) is 9.49. The first kappa shape index (κ1) is 16.1. The highest BCUT2D eigenvalue weighted by Crippen LogP contribution is 2.07. The molecule has 0 spiro atoms. The maximum atomic E-state index is 11.5. The molecule has 0 saturated carbocycles. The molecular weight excluding hydrogens is 264 g/mol. The van der Waals surface area contributed by atoms with E-state index in [1.54, 1.807) is 0 Å². The normalized spacial score (nSPS) is 10.8. The molecule has 1 N–H and O–H groups in total. The van der Waals surface area contributed by atoms with Crippen molar-refractivity contribution in [1.82, 2.24) is 15.1 Å². The topological polar surface area (TPSA) is 99.3 Å². The minimum Gasteiger partial charge on any atom is -0.379 e. The second-order valence-electron chi connectivity index (χ2n) is 4.59. The van der Waals surface area contributed by atoms with Crippen molar-refractivity contribution in [2.24, 2.45) is 0 Å². The molecule has 112 valence electrons. The molecule has 0 radical (unpaired) electrons. The van der Waals surface area contributed by atoms with Crippen LogP contribution in [0.2, 0.25) is 0 Å². The number of hydrogen-bond donors (Lipinski definition) is 1. The first-order valence-electron chi connectivity index (χ1n) is 6.54. The second kappa shape index (κ2) is 8.26. The molecule has 0 saturated heterocycles. The Labute approximate surface area is 117 Å². The lowest BCUT2D eigenvalue weighted by atomic mass is 10.3. The summed E-state index contributed by atoms with van der Waals surface area (Å²) in [6, 6.07) is 0. The fourth-order valence-electron chi connectivity index (χ4n) is 1.49. The zero-order chi connectivity index (χ0) is 15.0. The van der Waals surface area contributed by atoms with Crippen LogP contribution in [0.3, 0.4) is 0 Å². The van der Waals surface area contributed by atoms with Gasteiger partial charge in [-0.05, 0) is 20.3 Å². The summed E-state index contributed by atoms with van der Waals surface area (Å²) in [5.41, 5.74) is -0.0729. The molecule has 0 unspecified atom stereocenters. The van der Waals surface area contributed by atoms with Gasteiger partial charge in [0.05, 0.1) is 11.0 Å².